The number of rotatable bonds is 7. The second-order valence-electron chi connectivity index (χ2n) is 5.79. The van der Waals surface area contributed by atoms with Crippen molar-refractivity contribution in [3.05, 3.63) is 76.3 Å². The van der Waals surface area contributed by atoms with Crippen molar-refractivity contribution in [1.82, 2.24) is 0 Å². The van der Waals surface area contributed by atoms with Gasteiger partial charge in [-0.1, -0.05) is 48.5 Å². The van der Waals surface area contributed by atoms with Crippen LogP contribution in [0.3, 0.4) is 0 Å². The van der Waals surface area contributed by atoms with Gasteiger partial charge in [-0.2, -0.15) is 0 Å². The molecule has 0 aliphatic carbocycles. The van der Waals surface area contributed by atoms with Crippen LogP contribution in [-0.2, 0) is 15.6 Å². The van der Waals surface area contributed by atoms with Gasteiger partial charge in [-0.15, -0.1) is 11.6 Å². The number of para-hydroxylation sites is 1. The first-order valence-corrected chi connectivity index (χ1v) is 10.3. The maximum Gasteiger partial charge on any atom is 0.315 e. The molecule has 0 radical (unpaired) electrons. The molecule has 0 amide bonds. The number of nitro benzene ring substituents is 1. The third-order valence-corrected chi connectivity index (χ3v) is 5.90. The first-order valence-electron chi connectivity index (χ1n) is 8.09. The maximum absolute atomic E-state index is 13.0. The minimum atomic E-state index is -3.82. The number of sulfone groups is 1. The Morgan fingerprint density at radius 1 is 1.00 bits per heavy atom. The van der Waals surface area contributed by atoms with Crippen molar-refractivity contribution in [3.8, 4) is 5.75 Å². The van der Waals surface area contributed by atoms with Crippen molar-refractivity contribution in [2.45, 2.75) is 10.6 Å². The number of halogens is 1. The van der Waals surface area contributed by atoms with Crippen molar-refractivity contribution < 1.29 is 18.1 Å². The molecule has 0 aliphatic rings. The second-order valence-corrected chi connectivity index (χ2v) is 8.13. The van der Waals surface area contributed by atoms with Crippen molar-refractivity contribution in [1.29, 1.82) is 0 Å². The van der Waals surface area contributed by atoms with Crippen LogP contribution in [0.25, 0.3) is 10.8 Å². The summed E-state index contributed by atoms with van der Waals surface area (Å²) in [5, 5.41) is 12.9. The summed E-state index contributed by atoms with van der Waals surface area (Å²) in [6, 6.07) is 16.5. The maximum atomic E-state index is 13.0. The Hall–Kier alpha value is -2.64. The van der Waals surface area contributed by atoms with Gasteiger partial charge in [0.05, 0.1) is 21.5 Å². The standard InChI is InChI=1S/C19H16ClNO5S/c20-11-12-26-17-9-3-7-15(19(17)21(22)23)13-27(24,25)18-10-4-6-14-5-1-2-8-16(14)18/h1-10H,11-13H2. The average molecular weight is 406 g/mol. The molecular weight excluding hydrogens is 390 g/mol. The molecule has 0 fully saturated rings. The average Bonchev–Trinajstić information content (AvgIpc) is 2.65. The second kappa shape index (κ2) is 7.94. The topological polar surface area (TPSA) is 86.5 Å². The van der Waals surface area contributed by atoms with E-state index in [1.807, 2.05) is 18.2 Å². The highest BCUT2D eigenvalue weighted by molar-refractivity contribution is 7.90. The van der Waals surface area contributed by atoms with Crippen LogP contribution in [0.4, 0.5) is 5.69 Å². The molecule has 0 saturated heterocycles. The molecule has 0 spiro atoms. The summed E-state index contributed by atoms with van der Waals surface area (Å²) in [5.74, 6) is -0.336. The molecule has 0 unspecified atom stereocenters. The molecular formula is C19H16ClNO5S. The fourth-order valence-corrected chi connectivity index (χ4v) is 4.59. The molecule has 0 atom stereocenters. The fourth-order valence-electron chi connectivity index (χ4n) is 2.91. The Morgan fingerprint density at radius 3 is 2.44 bits per heavy atom. The normalized spacial score (nSPS) is 11.4. The van der Waals surface area contributed by atoms with Gasteiger partial charge in [0.15, 0.2) is 15.6 Å². The predicted molar refractivity (Wildman–Crippen MR) is 104 cm³/mol. The van der Waals surface area contributed by atoms with Crippen molar-refractivity contribution in [2.24, 2.45) is 0 Å². The molecule has 8 heteroatoms. The number of fused-ring (bicyclic) bond motifs is 1. The molecule has 0 aliphatic heterocycles. The van der Waals surface area contributed by atoms with Crippen LogP contribution in [-0.4, -0.2) is 25.8 Å². The lowest BCUT2D eigenvalue weighted by molar-refractivity contribution is -0.386. The summed E-state index contributed by atoms with van der Waals surface area (Å²) in [5.41, 5.74) is -0.286. The molecule has 6 nitrogen and oxygen atoms in total. The first kappa shape index (κ1) is 19.1. The quantitative estimate of drug-likeness (QED) is 0.331. The van der Waals surface area contributed by atoms with E-state index in [0.717, 1.165) is 5.39 Å². The van der Waals surface area contributed by atoms with E-state index >= 15 is 0 Å². The Kier molecular flexibility index (Phi) is 5.62. The Morgan fingerprint density at radius 2 is 1.70 bits per heavy atom. The largest absolute Gasteiger partial charge is 0.486 e. The van der Waals surface area contributed by atoms with Crippen molar-refractivity contribution in [2.75, 3.05) is 12.5 Å². The Labute approximate surface area is 161 Å². The molecule has 3 aromatic rings. The van der Waals surface area contributed by atoms with Gasteiger partial charge >= 0.3 is 5.69 Å². The van der Waals surface area contributed by atoms with Gasteiger partial charge in [0, 0.05) is 10.9 Å². The van der Waals surface area contributed by atoms with Gasteiger partial charge < -0.3 is 4.74 Å². The number of nitro groups is 1. The lowest BCUT2D eigenvalue weighted by Crippen LogP contribution is -2.09. The summed E-state index contributed by atoms with van der Waals surface area (Å²) in [4.78, 5) is 11.1. The van der Waals surface area contributed by atoms with Gasteiger partial charge in [-0.25, -0.2) is 8.42 Å². The van der Waals surface area contributed by atoms with E-state index in [1.165, 1.54) is 24.3 Å². The Balaban J connectivity index is 2.07. The summed E-state index contributed by atoms with van der Waals surface area (Å²) in [7, 11) is -3.82. The van der Waals surface area contributed by atoms with E-state index in [4.69, 9.17) is 16.3 Å². The number of benzene rings is 3. The fraction of sp³-hybridized carbons (Fsp3) is 0.158. The zero-order valence-corrected chi connectivity index (χ0v) is 15.7. The molecule has 0 aromatic heterocycles. The van der Waals surface area contributed by atoms with Gasteiger partial charge in [0.2, 0.25) is 0 Å². The van der Waals surface area contributed by atoms with Crippen molar-refractivity contribution >= 4 is 37.9 Å². The van der Waals surface area contributed by atoms with Gasteiger partial charge in [-0.05, 0) is 17.5 Å². The van der Waals surface area contributed by atoms with E-state index in [9.17, 15) is 18.5 Å². The number of ether oxygens (including phenoxy) is 1. The summed E-state index contributed by atoms with van der Waals surface area (Å²) in [6.07, 6.45) is 0. The minimum Gasteiger partial charge on any atom is -0.486 e. The smallest absolute Gasteiger partial charge is 0.315 e. The SMILES string of the molecule is O=[N+]([O-])c1c(CS(=O)(=O)c2cccc3ccccc23)cccc1OCCCl. The minimum absolute atomic E-state index is 0.00581. The van der Waals surface area contributed by atoms with Crippen LogP contribution in [0.15, 0.2) is 65.6 Å². The highest BCUT2D eigenvalue weighted by Gasteiger charge is 2.27. The lowest BCUT2D eigenvalue weighted by Gasteiger charge is -2.11. The third-order valence-electron chi connectivity index (χ3n) is 4.03. The molecule has 0 bridgehead atoms. The van der Waals surface area contributed by atoms with Crippen LogP contribution in [0, 0.1) is 10.1 Å². The highest BCUT2D eigenvalue weighted by atomic mass is 35.5. The molecule has 0 heterocycles. The summed E-state index contributed by atoms with van der Waals surface area (Å²) < 4.78 is 31.4. The van der Waals surface area contributed by atoms with Crippen LogP contribution in [0.5, 0.6) is 5.75 Å². The molecule has 27 heavy (non-hydrogen) atoms. The number of hydrogen-bond donors (Lipinski definition) is 0. The summed E-state index contributed by atoms with van der Waals surface area (Å²) >= 11 is 5.57. The highest BCUT2D eigenvalue weighted by Crippen LogP contribution is 2.34. The van der Waals surface area contributed by atoms with Gasteiger partial charge in [-0.3, -0.25) is 10.1 Å². The molecule has 3 aromatic carbocycles. The van der Waals surface area contributed by atoms with E-state index in [-0.39, 0.29) is 34.4 Å². The van der Waals surface area contributed by atoms with Crippen LogP contribution in [0.2, 0.25) is 0 Å². The van der Waals surface area contributed by atoms with E-state index in [2.05, 4.69) is 0 Å². The van der Waals surface area contributed by atoms with Crippen LogP contribution in [0.1, 0.15) is 5.56 Å². The molecule has 140 valence electrons. The Bertz CT molecular complexity index is 1090. The molecule has 0 saturated carbocycles. The van der Waals surface area contributed by atoms with Crippen LogP contribution >= 0.6 is 11.6 Å². The zero-order valence-electron chi connectivity index (χ0n) is 14.2. The van der Waals surface area contributed by atoms with E-state index in [1.54, 1.807) is 18.2 Å². The van der Waals surface area contributed by atoms with Gasteiger partial charge in [0.1, 0.15) is 6.61 Å². The predicted octanol–water partition coefficient (Wildman–Crippen LogP) is 4.34. The van der Waals surface area contributed by atoms with Crippen LogP contribution < -0.4 is 4.74 Å². The molecule has 0 N–H and O–H groups in total. The first-order chi connectivity index (χ1) is 12.9. The number of nitrogens with zero attached hydrogens (tertiary/aromatic N) is 1. The number of alkyl halides is 1. The lowest BCUT2D eigenvalue weighted by atomic mass is 10.1. The third kappa shape index (κ3) is 4.04. The zero-order chi connectivity index (χ0) is 19.4. The van der Waals surface area contributed by atoms with Crippen molar-refractivity contribution in [3.63, 3.8) is 0 Å². The number of hydrogen-bond acceptors (Lipinski definition) is 5. The summed E-state index contributed by atoms with van der Waals surface area (Å²) in [6.45, 7) is 0.0852. The van der Waals surface area contributed by atoms with E-state index in [0.29, 0.717) is 5.39 Å². The van der Waals surface area contributed by atoms with E-state index < -0.39 is 20.5 Å². The van der Waals surface area contributed by atoms with Gasteiger partial charge in [0.25, 0.3) is 0 Å². The monoisotopic (exact) mass is 405 g/mol. The molecule has 3 rings (SSSR count).